The standard InChI is InChI=1S/C32H30F5N3O5/c1-19-28(21-11-6-14-26(45-2)29(21)34)30(43)40(18-25(20-9-4-3-5-10-20)38-16-8-15-27(41)42)31(44)39(19)17-22-23(32(35,36)37)12-7-13-24(22)33/h3-7,9-14,25,38H,8,15-18H2,1-2H3,(H,41,42)/t25-/m1/s1. The Morgan fingerprint density at radius 3 is 2.31 bits per heavy atom. The van der Waals surface area contributed by atoms with Crippen LogP contribution < -0.4 is 21.3 Å². The first-order chi connectivity index (χ1) is 21.3. The summed E-state index contributed by atoms with van der Waals surface area (Å²) in [7, 11) is 1.21. The monoisotopic (exact) mass is 631 g/mol. The molecule has 1 atom stereocenters. The second kappa shape index (κ2) is 13.9. The zero-order valence-corrected chi connectivity index (χ0v) is 24.3. The molecule has 238 valence electrons. The fourth-order valence-electron chi connectivity index (χ4n) is 5.13. The van der Waals surface area contributed by atoms with E-state index in [0.717, 1.165) is 21.3 Å². The molecule has 0 aliphatic carbocycles. The third-order valence-electron chi connectivity index (χ3n) is 7.41. The van der Waals surface area contributed by atoms with E-state index < -0.39 is 58.7 Å². The summed E-state index contributed by atoms with van der Waals surface area (Å²) in [6, 6.07) is 14.2. The summed E-state index contributed by atoms with van der Waals surface area (Å²) >= 11 is 0. The van der Waals surface area contributed by atoms with Crippen LogP contribution in [0.4, 0.5) is 22.0 Å². The van der Waals surface area contributed by atoms with Crippen molar-refractivity contribution in [3.05, 3.63) is 122 Å². The summed E-state index contributed by atoms with van der Waals surface area (Å²) < 4.78 is 78.8. The maximum Gasteiger partial charge on any atom is 0.416 e. The Kier molecular flexibility index (Phi) is 10.2. The van der Waals surface area contributed by atoms with Gasteiger partial charge in [0.15, 0.2) is 11.6 Å². The van der Waals surface area contributed by atoms with Crippen LogP contribution in [0.3, 0.4) is 0 Å². The van der Waals surface area contributed by atoms with Gasteiger partial charge in [0.2, 0.25) is 0 Å². The lowest BCUT2D eigenvalue weighted by atomic mass is 10.0. The van der Waals surface area contributed by atoms with Crippen LogP contribution in [-0.2, 0) is 24.1 Å². The molecule has 0 fully saturated rings. The first kappa shape index (κ1) is 33.1. The van der Waals surface area contributed by atoms with Crippen LogP contribution in [-0.4, -0.2) is 33.9 Å². The van der Waals surface area contributed by atoms with E-state index in [1.54, 1.807) is 30.3 Å². The van der Waals surface area contributed by atoms with Crippen molar-refractivity contribution in [2.45, 2.75) is 45.1 Å². The Balaban J connectivity index is 1.95. The lowest BCUT2D eigenvalue weighted by Crippen LogP contribution is -2.45. The van der Waals surface area contributed by atoms with Crippen molar-refractivity contribution in [1.82, 2.24) is 14.5 Å². The molecule has 0 aliphatic rings. The van der Waals surface area contributed by atoms with E-state index in [0.29, 0.717) is 11.6 Å². The molecule has 0 spiro atoms. The molecule has 0 unspecified atom stereocenters. The summed E-state index contributed by atoms with van der Waals surface area (Å²) in [5.41, 5.74) is -4.27. The van der Waals surface area contributed by atoms with Crippen LogP contribution in [0, 0.1) is 18.6 Å². The van der Waals surface area contributed by atoms with Crippen molar-refractivity contribution < 1.29 is 36.6 Å². The van der Waals surface area contributed by atoms with E-state index in [2.05, 4.69) is 5.32 Å². The summed E-state index contributed by atoms with van der Waals surface area (Å²) in [6.45, 7) is 0.181. The number of aliphatic carboxylic acids is 1. The Morgan fingerprint density at radius 1 is 0.978 bits per heavy atom. The van der Waals surface area contributed by atoms with Gasteiger partial charge >= 0.3 is 17.8 Å². The molecule has 4 rings (SSSR count). The zero-order valence-electron chi connectivity index (χ0n) is 24.3. The lowest BCUT2D eigenvalue weighted by Gasteiger charge is -2.23. The average molecular weight is 632 g/mol. The fourth-order valence-corrected chi connectivity index (χ4v) is 5.13. The predicted octanol–water partition coefficient (Wildman–Crippen LogP) is 5.54. The number of ether oxygens (including phenoxy) is 1. The van der Waals surface area contributed by atoms with Gasteiger partial charge in [0.25, 0.3) is 5.56 Å². The number of hydrogen-bond acceptors (Lipinski definition) is 5. The molecule has 1 aromatic heterocycles. The van der Waals surface area contributed by atoms with Crippen LogP contribution in [0.5, 0.6) is 5.75 Å². The first-order valence-electron chi connectivity index (χ1n) is 13.9. The third kappa shape index (κ3) is 7.31. The largest absolute Gasteiger partial charge is 0.494 e. The number of benzene rings is 3. The van der Waals surface area contributed by atoms with Crippen molar-refractivity contribution in [2.75, 3.05) is 13.7 Å². The summed E-state index contributed by atoms with van der Waals surface area (Å²) in [6.07, 6.45) is -4.88. The SMILES string of the molecule is COc1cccc(-c2c(C)n(Cc3c(F)cccc3C(F)(F)F)c(=O)n(C[C@@H](NCCCC(=O)O)c3ccccc3)c2=O)c1F. The highest BCUT2D eigenvalue weighted by Gasteiger charge is 2.35. The number of halogens is 5. The molecule has 0 bridgehead atoms. The van der Waals surface area contributed by atoms with E-state index in [-0.39, 0.29) is 48.5 Å². The molecular weight excluding hydrogens is 601 g/mol. The van der Waals surface area contributed by atoms with Crippen molar-refractivity contribution >= 4 is 5.97 Å². The number of carboxylic acids is 1. The minimum absolute atomic E-state index is 0.144. The van der Waals surface area contributed by atoms with Gasteiger partial charge in [-0.3, -0.25) is 18.7 Å². The molecule has 4 aromatic rings. The topological polar surface area (TPSA) is 103 Å². The number of rotatable bonds is 12. The van der Waals surface area contributed by atoms with Crippen LogP contribution in [0.15, 0.2) is 76.3 Å². The number of carboxylic acid groups (broad SMARTS) is 1. The quantitative estimate of drug-likeness (QED) is 0.157. The number of alkyl halides is 3. The molecule has 1 heterocycles. The van der Waals surface area contributed by atoms with Gasteiger partial charge in [-0.25, -0.2) is 13.6 Å². The van der Waals surface area contributed by atoms with Gasteiger partial charge in [-0.05, 0) is 43.7 Å². The minimum atomic E-state index is -4.95. The van der Waals surface area contributed by atoms with Crippen molar-refractivity contribution in [3.8, 4) is 16.9 Å². The predicted molar refractivity (Wildman–Crippen MR) is 156 cm³/mol. The lowest BCUT2D eigenvalue weighted by molar-refractivity contribution is -0.138. The number of nitrogens with one attached hydrogen (secondary N) is 1. The van der Waals surface area contributed by atoms with E-state index in [4.69, 9.17) is 9.84 Å². The van der Waals surface area contributed by atoms with E-state index in [9.17, 15) is 31.9 Å². The van der Waals surface area contributed by atoms with E-state index in [1.807, 2.05) is 0 Å². The van der Waals surface area contributed by atoms with Gasteiger partial charge in [0, 0.05) is 23.2 Å². The van der Waals surface area contributed by atoms with Crippen LogP contribution in [0.2, 0.25) is 0 Å². The molecule has 0 saturated carbocycles. The van der Waals surface area contributed by atoms with Gasteiger partial charge in [-0.1, -0.05) is 48.5 Å². The Labute approximate surface area is 254 Å². The smallest absolute Gasteiger partial charge is 0.416 e. The van der Waals surface area contributed by atoms with Gasteiger partial charge in [0.1, 0.15) is 5.82 Å². The highest BCUT2D eigenvalue weighted by molar-refractivity contribution is 5.68. The fraction of sp³-hybridized carbons (Fsp3) is 0.281. The minimum Gasteiger partial charge on any atom is -0.494 e. The summed E-state index contributed by atoms with van der Waals surface area (Å²) in [5, 5.41) is 12.1. The number of hydrogen-bond donors (Lipinski definition) is 2. The summed E-state index contributed by atoms with van der Waals surface area (Å²) in [4.78, 5) is 39.0. The number of methoxy groups -OCH3 is 1. The average Bonchev–Trinajstić information content (AvgIpc) is 2.99. The molecule has 2 N–H and O–H groups in total. The molecule has 3 aromatic carbocycles. The van der Waals surface area contributed by atoms with Gasteiger partial charge < -0.3 is 15.2 Å². The first-order valence-corrected chi connectivity index (χ1v) is 13.9. The maximum atomic E-state index is 15.6. The Morgan fingerprint density at radius 2 is 1.67 bits per heavy atom. The number of nitrogens with zero attached hydrogens (tertiary/aromatic N) is 2. The van der Waals surface area contributed by atoms with Crippen LogP contribution >= 0.6 is 0 Å². The molecule has 0 amide bonds. The molecule has 13 heteroatoms. The maximum absolute atomic E-state index is 15.6. The number of carbonyl (C=O) groups is 1. The molecule has 0 saturated heterocycles. The van der Waals surface area contributed by atoms with Crippen LogP contribution in [0.1, 0.15) is 41.3 Å². The number of aromatic nitrogens is 2. The molecule has 8 nitrogen and oxygen atoms in total. The highest BCUT2D eigenvalue weighted by Crippen LogP contribution is 2.34. The Hall–Kier alpha value is -4.78. The molecule has 0 aliphatic heterocycles. The Bertz CT molecular complexity index is 1800. The summed E-state index contributed by atoms with van der Waals surface area (Å²) in [5.74, 6) is -3.39. The van der Waals surface area contributed by atoms with E-state index >= 15 is 4.39 Å². The normalized spacial score (nSPS) is 12.2. The van der Waals surface area contributed by atoms with Crippen LogP contribution in [0.25, 0.3) is 11.1 Å². The molecular formula is C32H30F5N3O5. The molecule has 45 heavy (non-hydrogen) atoms. The van der Waals surface area contributed by atoms with Gasteiger partial charge in [0.05, 0.1) is 37.4 Å². The third-order valence-corrected chi connectivity index (χ3v) is 7.41. The second-order valence-corrected chi connectivity index (χ2v) is 10.2. The van der Waals surface area contributed by atoms with E-state index in [1.165, 1.54) is 32.2 Å². The highest BCUT2D eigenvalue weighted by atomic mass is 19.4. The van der Waals surface area contributed by atoms with Crippen molar-refractivity contribution in [2.24, 2.45) is 0 Å². The van der Waals surface area contributed by atoms with Crippen molar-refractivity contribution in [3.63, 3.8) is 0 Å². The van der Waals surface area contributed by atoms with Gasteiger partial charge in [-0.2, -0.15) is 13.2 Å². The molecule has 0 radical (unpaired) electrons. The van der Waals surface area contributed by atoms with Gasteiger partial charge in [-0.15, -0.1) is 0 Å². The van der Waals surface area contributed by atoms with Crippen molar-refractivity contribution in [1.29, 1.82) is 0 Å². The zero-order chi connectivity index (χ0) is 32.9. The second-order valence-electron chi connectivity index (χ2n) is 10.2.